The normalized spacial score (nSPS) is 11.3. The molecule has 0 heterocycles. The number of nitrogens with one attached hydrogen (secondary N) is 1. The van der Waals surface area contributed by atoms with Gasteiger partial charge in [-0.05, 0) is 12.5 Å². The summed E-state index contributed by atoms with van der Waals surface area (Å²) in [7, 11) is 0. The summed E-state index contributed by atoms with van der Waals surface area (Å²) in [5.74, 6) is -1.40. The Labute approximate surface area is 114 Å². The van der Waals surface area contributed by atoms with Gasteiger partial charge in [0.05, 0.1) is 23.7 Å². The van der Waals surface area contributed by atoms with E-state index >= 15 is 0 Å². The Kier molecular flexibility index (Phi) is 5.14. The molecule has 0 aliphatic carbocycles. The van der Waals surface area contributed by atoms with Crippen LogP contribution >= 0.6 is 0 Å². The molecule has 110 valence electrons. The molecule has 0 saturated carbocycles. The van der Waals surface area contributed by atoms with Crippen molar-refractivity contribution in [1.82, 2.24) is 5.32 Å². The van der Waals surface area contributed by atoms with Gasteiger partial charge < -0.3 is 20.6 Å². The number of benzene rings is 1. The molecule has 1 aromatic carbocycles. The highest BCUT2D eigenvalue weighted by Crippen LogP contribution is 2.22. The fraction of sp³-hybridized carbons (Fsp3) is 0.417. The summed E-state index contributed by atoms with van der Waals surface area (Å²) in [5, 5.41) is 41.0. The number of carbonyl (C=O) groups is 1. The molecule has 0 aliphatic heterocycles. The van der Waals surface area contributed by atoms with Gasteiger partial charge >= 0.3 is 5.97 Å². The van der Waals surface area contributed by atoms with Gasteiger partial charge in [-0.3, -0.25) is 10.1 Å². The van der Waals surface area contributed by atoms with E-state index in [1.165, 1.54) is 12.1 Å². The zero-order valence-electron chi connectivity index (χ0n) is 10.9. The van der Waals surface area contributed by atoms with E-state index in [0.29, 0.717) is 0 Å². The summed E-state index contributed by atoms with van der Waals surface area (Å²) >= 11 is 0. The molecule has 0 amide bonds. The van der Waals surface area contributed by atoms with Crippen LogP contribution in [0, 0.1) is 10.1 Å². The standard InChI is InChI=1S/C12H16N2O6/c1-12(6-15,7-16)13-5-8-3-2-4-9(14(19)20)10(8)11(17)18/h2-4,13,15-16H,5-7H2,1H3,(H,17,18). The quantitative estimate of drug-likeness (QED) is 0.413. The van der Waals surface area contributed by atoms with Crippen LogP contribution in [0.2, 0.25) is 0 Å². The number of carboxylic acids is 1. The number of nitro benzene ring substituents is 1. The summed E-state index contributed by atoms with van der Waals surface area (Å²) in [6, 6.07) is 3.94. The maximum Gasteiger partial charge on any atom is 0.343 e. The third-order valence-electron chi connectivity index (χ3n) is 2.94. The van der Waals surface area contributed by atoms with E-state index in [2.05, 4.69) is 5.32 Å². The first-order chi connectivity index (χ1) is 9.34. The minimum Gasteiger partial charge on any atom is -0.477 e. The van der Waals surface area contributed by atoms with Gasteiger partial charge in [-0.25, -0.2) is 4.79 Å². The fourth-order valence-electron chi connectivity index (χ4n) is 1.60. The molecular weight excluding hydrogens is 268 g/mol. The van der Waals surface area contributed by atoms with E-state index in [1.807, 2.05) is 0 Å². The molecule has 8 nitrogen and oxygen atoms in total. The molecule has 0 unspecified atom stereocenters. The van der Waals surface area contributed by atoms with E-state index in [-0.39, 0.29) is 25.3 Å². The van der Waals surface area contributed by atoms with Gasteiger partial charge in [0, 0.05) is 12.6 Å². The largest absolute Gasteiger partial charge is 0.477 e. The van der Waals surface area contributed by atoms with Crippen molar-refractivity contribution in [2.75, 3.05) is 13.2 Å². The highest BCUT2D eigenvalue weighted by atomic mass is 16.6. The Balaban J connectivity index is 3.10. The second-order valence-electron chi connectivity index (χ2n) is 4.60. The zero-order chi connectivity index (χ0) is 15.3. The van der Waals surface area contributed by atoms with Crippen molar-refractivity contribution in [3.63, 3.8) is 0 Å². The van der Waals surface area contributed by atoms with E-state index in [0.717, 1.165) is 6.07 Å². The third kappa shape index (κ3) is 3.50. The average Bonchev–Trinajstić information content (AvgIpc) is 2.44. The van der Waals surface area contributed by atoms with Crippen LogP contribution in [0.3, 0.4) is 0 Å². The minimum absolute atomic E-state index is 0.0269. The predicted octanol–water partition coefficient (Wildman–Crippen LogP) is 0.126. The molecule has 8 heteroatoms. The van der Waals surface area contributed by atoms with Crippen LogP contribution < -0.4 is 5.32 Å². The number of aliphatic hydroxyl groups is 2. The predicted molar refractivity (Wildman–Crippen MR) is 69.5 cm³/mol. The monoisotopic (exact) mass is 284 g/mol. The molecule has 0 atom stereocenters. The summed E-state index contributed by atoms with van der Waals surface area (Å²) in [5.41, 5.74) is -1.69. The Hall–Kier alpha value is -2.03. The number of rotatable bonds is 7. The minimum atomic E-state index is -1.40. The molecule has 20 heavy (non-hydrogen) atoms. The highest BCUT2D eigenvalue weighted by Gasteiger charge is 2.26. The van der Waals surface area contributed by atoms with Gasteiger partial charge in [0.2, 0.25) is 0 Å². The number of hydrogen-bond acceptors (Lipinski definition) is 6. The van der Waals surface area contributed by atoms with Crippen molar-refractivity contribution in [1.29, 1.82) is 0 Å². The van der Waals surface area contributed by atoms with Crippen molar-refractivity contribution in [2.45, 2.75) is 19.0 Å². The van der Waals surface area contributed by atoms with E-state index in [4.69, 9.17) is 15.3 Å². The van der Waals surface area contributed by atoms with Crippen molar-refractivity contribution in [3.05, 3.63) is 39.4 Å². The Morgan fingerprint density at radius 3 is 2.45 bits per heavy atom. The van der Waals surface area contributed by atoms with Crippen LogP contribution in [0.1, 0.15) is 22.8 Å². The van der Waals surface area contributed by atoms with Crippen molar-refractivity contribution < 1.29 is 25.0 Å². The molecular formula is C12H16N2O6. The van der Waals surface area contributed by atoms with Crippen LogP contribution in [-0.2, 0) is 6.54 Å². The first-order valence-corrected chi connectivity index (χ1v) is 5.81. The Morgan fingerprint density at radius 2 is 2.00 bits per heavy atom. The Bertz CT molecular complexity index is 513. The van der Waals surface area contributed by atoms with Crippen LogP contribution in [-0.4, -0.2) is 45.0 Å². The summed E-state index contributed by atoms with van der Waals surface area (Å²) in [6.45, 7) is 0.799. The van der Waals surface area contributed by atoms with Crippen molar-refractivity contribution in [2.24, 2.45) is 0 Å². The molecule has 0 aromatic heterocycles. The van der Waals surface area contributed by atoms with Gasteiger partial charge in [-0.2, -0.15) is 0 Å². The molecule has 0 bridgehead atoms. The fourth-order valence-corrected chi connectivity index (χ4v) is 1.60. The van der Waals surface area contributed by atoms with E-state index in [9.17, 15) is 14.9 Å². The summed E-state index contributed by atoms with van der Waals surface area (Å²) in [4.78, 5) is 21.3. The lowest BCUT2D eigenvalue weighted by Gasteiger charge is -2.26. The smallest absolute Gasteiger partial charge is 0.343 e. The second kappa shape index (κ2) is 6.42. The molecule has 0 aliphatic rings. The average molecular weight is 284 g/mol. The van der Waals surface area contributed by atoms with Gasteiger partial charge in [0.25, 0.3) is 5.69 Å². The lowest BCUT2D eigenvalue weighted by molar-refractivity contribution is -0.385. The lowest BCUT2D eigenvalue weighted by Crippen LogP contribution is -2.48. The van der Waals surface area contributed by atoms with Gasteiger partial charge in [-0.15, -0.1) is 0 Å². The van der Waals surface area contributed by atoms with Crippen molar-refractivity contribution >= 4 is 11.7 Å². The highest BCUT2D eigenvalue weighted by molar-refractivity contribution is 5.94. The van der Waals surface area contributed by atoms with Gasteiger partial charge in [0.1, 0.15) is 5.56 Å². The van der Waals surface area contributed by atoms with Gasteiger partial charge in [-0.1, -0.05) is 12.1 Å². The molecule has 0 spiro atoms. The number of nitro groups is 1. The van der Waals surface area contributed by atoms with Crippen LogP contribution in [0.15, 0.2) is 18.2 Å². The third-order valence-corrected chi connectivity index (χ3v) is 2.94. The van der Waals surface area contributed by atoms with Gasteiger partial charge in [0.15, 0.2) is 0 Å². The topological polar surface area (TPSA) is 133 Å². The summed E-state index contributed by atoms with van der Waals surface area (Å²) in [6.07, 6.45) is 0. The molecule has 1 rings (SSSR count). The molecule has 1 aromatic rings. The summed E-state index contributed by atoms with van der Waals surface area (Å²) < 4.78 is 0. The number of nitrogens with zero attached hydrogens (tertiary/aromatic N) is 1. The van der Waals surface area contributed by atoms with E-state index in [1.54, 1.807) is 6.92 Å². The molecule has 0 fully saturated rings. The van der Waals surface area contributed by atoms with Crippen LogP contribution in [0.5, 0.6) is 0 Å². The lowest BCUT2D eigenvalue weighted by atomic mass is 10.0. The van der Waals surface area contributed by atoms with Crippen LogP contribution in [0.4, 0.5) is 5.69 Å². The van der Waals surface area contributed by atoms with Crippen molar-refractivity contribution in [3.8, 4) is 0 Å². The first-order valence-electron chi connectivity index (χ1n) is 5.81. The number of carboxylic acid groups (broad SMARTS) is 1. The Morgan fingerprint density at radius 1 is 1.40 bits per heavy atom. The maximum atomic E-state index is 11.2. The maximum absolute atomic E-state index is 11.2. The molecule has 0 saturated heterocycles. The first kappa shape index (κ1) is 16.0. The number of aromatic carboxylic acids is 1. The van der Waals surface area contributed by atoms with Crippen LogP contribution in [0.25, 0.3) is 0 Å². The molecule has 4 N–H and O–H groups in total. The second-order valence-corrected chi connectivity index (χ2v) is 4.60. The molecule has 0 radical (unpaired) electrons. The number of aliphatic hydroxyl groups excluding tert-OH is 2. The zero-order valence-corrected chi connectivity index (χ0v) is 10.9. The number of hydrogen-bond donors (Lipinski definition) is 4. The van der Waals surface area contributed by atoms with E-state index < -0.39 is 27.7 Å². The SMILES string of the molecule is CC(CO)(CO)NCc1cccc([N+](=O)[O-])c1C(=O)O.